The van der Waals surface area contributed by atoms with Crippen molar-refractivity contribution in [3.05, 3.63) is 80.3 Å². The Hall–Kier alpha value is -2.83. The minimum atomic E-state index is 0.0684. The number of rotatable bonds is 3. The van der Waals surface area contributed by atoms with Crippen molar-refractivity contribution in [3.63, 3.8) is 0 Å². The van der Waals surface area contributed by atoms with Crippen molar-refractivity contribution in [1.29, 1.82) is 0 Å². The lowest BCUT2D eigenvalue weighted by atomic mass is 10.0. The predicted octanol–water partition coefficient (Wildman–Crippen LogP) is 4.49. The zero-order valence-electron chi connectivity index (χ0n) is 16.4. The van der Waals surface area contributed by atoms with Gasteiger partial charge < -0.3 is 4.42 Å². The van der Waals surface area contributed by atoms with Gasteiger partial charge in [-0.1, -0.05) is 12.1 Å². The van der Waals surface area contributed by atoms with Crippen LogP contribution < -0.4 is 5.43 Å². The molecule has 29 heavy (non-hydrogen) atoms. The van der Waals surface area contributed by atoms with Crippen LogP contribution in [-0.2, 0) is 19.5 Å². The molecular weight excluding hydrogens is 382 g/mol. The summed E-state index contributed by atoms with van der Waals surface area (Å²) in [5, 5.41) is 2.73. The van der Waals surface area contributed by atoms with Gasteiger partial charge >= 0.3 is 0 Å². The first-order valence-electron chi connectivity index (χ1n) is 9.71. The normalized spacial score (nSPS) is 14.3. The molecule has 0 radical (unpaired) electrons. The van der Waals surface area contributed by atoms with Crippen molar-refractivity contribution in [2.75, 3.05) is 6.54 Å². The van der Waals surface area contributed by atoms with Crippen LogP contribution in [0.25, 0.3) is 21.7 Å². The molecule has 5 rings (SSSR count). The van der Waals surface area contributed by atoms with Crippen LogP contribution in [0, 0.1) is 13.8 Å². The summed E-state index contributed by atoms with van der Waals surface area (Å²) in [6.45, 7) is 6.15. The third kappa shape index (κ3) is 3.39. The minimum absolute atomic E-state index is 0.0684. The van der Waals surface area contributed by atoms with Crippen molar-refractivity contribution in [3.8, 4) is 10.7 Å². The summed E-state index contributed by atoms with van der Waals surface area (Å²) in [7, 11) is 0. The fraction of sp³-hybridized carbons (Fsp3) is 0.261. The average Bonchev–Trinajstić information content (AvgIpc) is 3.24. The molecule has 146 valence electrons. The number of thiophene rings is 1. The highest BCUT2D eigenvalue weighted by molar-refractivity contribution is 7.13. The highest BCUT2D eigenvalue weighted by Crippen LogP contribution is 2.25. The van der Waals surface area contributed by atoms with Crippen LogP contribution in [0.5, 0.6) is 0 Å². The second kappa shape index (κ2) is 7.21. The van der Waals surface area contributed by atoms with E-state index in [0.717, 1.165) is 52.6 Å². The Morgan fingerprint density at radius 2 is 2.17 bits per heavy atom. The largest absolute Gasteiger partial charge is 0.464 e. The molecule has 4 aromatic rings. The van der Waals surface area contributed by atoms with E-state index in [1.165, 1.54) is 0 Å². The predicted molar refractivity (Wildman–Crippen MR) is 115 cm³/mol. The number of aryl methyl sites for hydroxylation is 2. The summed E-state index contributed by atoms with van der Waals surface area (Å²) in [6.07, 6.45) is 4.40. The number of fused-ring (bicyclic) bond motifs is 2. The molecule has 0 unspecified atom stereocenters. The van der Waals surface area contributed by atoms with Crippen LogP contribution in [-0.4, -0.2) is 21.4 Å². The van der Waals surface area contributed by atoms with E-state index in [-0.39, 0.29) is 5.43 Å². The zero-order chi connectivity index (χ0) is 20.0. The lowest BCUT2D eigenvalue weighted by Crippen LogP contribution is -2.32. The maximum absolute atomic E-state index is 13.0. The highest BCUT2D eigenvalue weighted by Gasteiger charge is 2.21. The number of aromatic nitrogens is 2. The molecule has 0 atom stereocenters. The summed E-state index contributed by atoms with van der Waals surface area (Å²) in [5.41, 5.74) is 5.73. The fourth-order valence-electron chi connectivity index (χ4n) is 4.05. The Kier molecular flexibility index (Phi) is 4.53. The van der Waals surface area contributed by atoms with Gasteiger partial charge in [-0.2, -0.15) is 0 Å². The number of nitrogens with zero attached hydrogens (tertiary/aromatic N) is 3. The third-order valence-electron chi connectivity index (χ3n) is 5.44. The molecular formula is C23H21N3O2S. The van der Waals surface area contributed by atoms with Crippen LogP contribution in [0.4, 0.5) is 0 Å². The molecule has 1 aliphatic heterocycles. The van der Waals surface area contributed by atoms with E-state index < -0.39 is 0 Å². The van der Waals surface area contributed by atoms with Crippen molar-refractivity contribution in [2.45, 2.75) is 33.4 Å². The van der Waals surface area contributed by atoms with Gasteiger partial charge in [0.1, 0.15) is 5.58 Å². The van der Waals surface area contributed by atoms with Crippen molar-refractivity contribution in [2.24, 2.45) is 0 Å². The molecule has 1 aliphatic rings. The van der Waals surface area contributed by atoms with Gasteiger partial charge in [0.05, 0.1) is 22.2 Å². The van der Waals surface area contributed by atoms with Crippen LogP contribution >= 0.6 is 11.3 Å². The monoisotopic (exact) mass is 403 g/mol. The topological polar surface area (TPSA) is 59.2 Å². The molecule has 0 N–H and O–H groups in total. The van der Waals surface area contributed by atoms with E-state index in [1.807, 2.05) is 49.7 Å². The summed E-state index contributed by atoms with van der Waals surface area (Å²) >= 11 is 1.65. The van der Waals surface area contributed by atoms with Gasteiger partial charge in [0.25, 0.3) is 0 Å². The lowest BCUT2D eigenvalue weighted by molar-refractivity contribution is 0.240. The molecule has 0 bridgehead atoms. The van der Waals surface area contributed by atoms with Gasteiger partial charge in [-0.3, -0.25) is 9.69 Å². The Labute approximate surface area is 172 Å². The van der Waals surface area contributed by atoms with Crippen molar-refractivity contribution < 1.29 is 4.42 Å². The van der Waals surface area contributed by atoms with Crippen molar-refractivity contribution in [1.82, 2.24) is 14.9 Å². The molecule has 0 spiro atoms. The zero-order valence-corrected chi connectivity index (χ0v) is 17.3. The molecule has 0 amide bonds. The first-order valence-corrected chi connectivity index (χ1v) is 10.6. The summed E-state index contributed by atoms with van der Waals surface area (Å²) in [4.78, 5) is 25.7. The summed E-state index contributed by atoms with van der Waals surface area (Å²) in [5.74, 6) is 0.799. The SMILES string of the molecule is Cc1cc(C)c2c(=O)c(CN3CCc4nc(-c5cccs5)ncc4C3)coc2c1. The van der Waals surface area contributed by atoms with Gasteiger partial charge in [0.2, 0.25) is 0 Å². The smallest absolute Gasteiger partial charge is 0.197 e. The van der Waals surface area contributed by atoms with E-state index >= 15 is 0 Å². The van der Waals surface area contributed by atoms with Crippen LogP contribution in [0.3, 0.4) is 0 Å². The molecule has 0 aliphatic carbocycles. The van der Waals surface area contributed by atoms with Gasteiger partial charge in [0, 0.05) is 43.4 Å². The second-order valence-electron chi connectivity index (χ2n) is 7.65. The van der Waals surface area contributed by atoms with Crippen LogP contribution in [0.1, 0.15) is 27.9 Å². The van der Waals surface area contributed by atoms with Crippen LogP contribution in [0.15, 0.2) is 51.3 Å². The summed E-state index contributed by atoms with van der Waals surface area (Å²) < 4.78 is 5.80. The van der Waals surface area contributed by atoms with Crippen molar-refractivity contribution >= 4 is 22.3 Å². The molecule has 5 nitrogen and oxygen atoms in total. The van der Waals surface area contributed by atoms with Gasteiger partial charge in [-0.15, -0.1) is 11.3 Å². The Morgan fingerprint density at radius 3 is 3.00 bits per heavy atom. The number of hydrogen-bond acceptors (Lipinski definition) is 6. The molecule has 3 aromatic heterocycles. The van der Waals surface area contributed by atoms with E-state index in [9.17, 15) is 4.79 Å². The highest BCUT2D eigenvalue weighted by atomic mass is 32.1. The first kappa shape index (κ1) is 18.2. The number of hydrogen-bond donors (Lipinski definition) is 0. The van der Waals surface area contributed by atoms with Gasteiger partial charge in [-0.25, -0.2) is 9.97 Å². The quantitative estimate of drug-likeness (QED) is 0.505. The maximum atomic E-state index is 13.0. The molecule has 1 aromatic carbocycles. The Balaban J connectivity index is 1.40. The average molecular weight is 404 g/mol. The first-order chi connectivity index (χ1) is 14.1. The minimum Gasteiger partial charge on any atom is -0.464 e. The van der Waals surface area contributed by atoms with E-state index in [4.69, 9.17) is 9.40 Å². The molecule has 0 saturated heterocycles. The van der Waals surface area contributed by atoms with E-state index in [1.54, 1.807) is 17.6 Å². The second-order valence-corrected chi connectivity index (χ2v) is 8.60. The van der Waals surface area contributed by atoms with E-state index in [0.29, 0.717) is 23.1 Å². The lowest BCUT2D eigenvalue weighted by Gasteiger charge is -2.27. The Morgan fingerprint density at radius 1 is 1.28 bits per heavy atom. The molecule has 0 saturated carbocycles. The van der Waals surface area contributed by atoms with E-state index in [2.05, 4.69) is 9.88 Å². The fourth-order valence-corrected chi connectivity index (χ4v) is 4.71. The maximum Gasteiger partial charge on any atom is 0.197 e. The molecule has 0 fully saturated rings. The molecule has 4 heterocycles. The number of benzene rings is 1. The van der Waals surface area contributed by atoms with Gasteiger partial charge in [0.15, 0.2) is 11.3 Å². The van der Waals surface area contributed by atoms with Crippen LogP contribution in [0.2, 0.25) is 0 Å². The molecule has 6 heteroatoms. The van der Waals surface area contributed by atoms with Gasteiger partial charge in [-0.05, 0) is 42.5 Å². The summed E-state index contributed by atoms with van der Waals surface area (Å²) in [6, 6.07) is 8.02. The Bertz CT molecular complexity index is 1260. The third-order valence-corrected chi connectivity index (χ3v) is 6.30. The standard InChI is InChI=1S/C23H21N3O2S/c1-14-8-15(2)21-19(9-14)28-13-17(22(21)27)12-26-6-5-18-16(11-26)10-24-23(25-18)20-4-3-7-29-20/h3-4,7-10,13H,5-6,11-12H2,1-2H3.